The van der Waals surface area contributed by atoms with E-state index in [1.807, 2.05) is 27.7 Å². The van der Waals surface area contributed by atoms with Crippen molar-refractivity contribution in [3.8, 4) is 0 Å². The molecule has 0 heterocycles. The topological polar surface area (TPSA) is 84.3 Å². The van der Waals surface area contributed by atoms with Crippen molar-refractivity contribution in [2.45, 2.75) is 52.2 Å². The summed E-state index contributed by atoms with van der Waals surface area (Å²) in [7, 11) is 0. The smallest absolute Gasteiger partial charge is 0.274 e. The van der Waals surface area contributed by atoms with Crippen LogP contribution in [0.2, 0.25) is 0 Å². The van der Waals surface area contributed by atoms with Crippen molar-refractivity contribution in [1.29, 1.82) is 0 Å². The fourth-order valence-corrected chi connectivity index (χ4v) is 2.04. The number of rotatable bonds is 5. The lowest BCUT2D eigenvalue weighted by atomic mass is 10.0. The number of amides is 1. The van der Waals surface area contributed by atoms with Crippen LogP contribution in [0.5, 0.6) is 0 Å². The zero-order chi connectivity index (χ0) is 16.2. The summed E-state index contributed by atoms with van der Waals surface area (Å²) in [4.78, 5) is 22.7. The van der Waals surface area contributed by atoms with Gasteiger partial charge in [0.2, 0.25) is 5.91 Å². The number of hydrogen-bond donors (Lipinski definition) is 2. The minimum atomic E-state index is -0.445. The first kappa shape index (κ1) is 17.1. The molecule has 0 aliphatic carbocycles. The van der Waals surface area contributed by atoms with E-state index in [1.165, 1.54) is 6.07 Å². The van der Waals surface area contributed by atoms with Gasteiger partial charge in [0.15, 0.2) is 0 Å². The van der Waals surface area contributed by atoms with Crippen LogP contribution in [0.4, 0.5) is 5.69 Å². The Morgan fingerprint density at radius 1 is 1.24 bits per heavy atom. The SMILES string of the molecule is CC(NC(C)c1ccccc1[N+](=O)[O-])C(=O)NC(C)(C)C. The van der Waals surface area contributed by atoms with Crippen molar-refractivity contribution in [3.63, 3.8) is 0 Å². The standard InChI is InChI=1S/C15H23N3O3/c1-10(12-8-6-7-9-13(12)18(20)21)16-11(2)14(19)17-15(3,4)5/h6-11,16H,1-5H3,(H,17,19). The fourth-order valence-electron chi connectivity index (χ4n) is 2.04. The first-order chi connectivity index (χ1) is 9.61. The third-order valence-electron chi connectivity index (χ3n) is 2.99. The molecule has 0 fully saturated rings. The van der Waals surface area contributed by atoms with Gasteiger partial charge in [-0.25, -0.2) is 0 Å². The Bertz CT molecular complexity index is 523. The first-order valence-electron chi connectivity index (χ1n) is 6.93. The van der Waals surface area contributed by atoms with Crippen molar-refractivity contribution in [2.75, 3.05) is 0 Å². The normalized spacial score (nSPS) is 14.3. The van der Waals surface area contributed by atoms with E-state index in [2.05, 4.69) is 10.6 Å². The second kappa shape index (κ2) is 6.67. The third kappa shape index (κ3) is 5.15. The number of nitrogens with zero attached hydrogens (tertiary/aromatic N) is 1. The molecule has 0 saturated heterocycles. The number of carbonyl (C=O) groups is 1. The molecule has 2 N–H and O–H groups in total. The Morgan fingerprint density at radius 3 is 2.33 bits per heavy atom. The van der Waals surface area contributed by atoms with Crippen LogP contribution in [-0.4, -0.2) is 22.4 Å². The predicted molar refractivity (Wildman–Crippen MR) is 82.0 cm³/mol. The molecular weight excluding hydrogens is 270 g/mol. The summed E-state index contributed by atoms with van der Waals surface area (Å²) in [5.74, 6) is -0.132. The summed E-state index contributed by atoms with van der Waals surface area (Å²) in [5, 5.41) is 17.0. The summed E-state index contributed by atoms with van der Waals surface area (Å²) in [5.41, 5.74) is 0.313. The summed E-state index contributed by atoms with van der Waals surface area (Å²) >= 11 is 0. The summed E-state index contributed by atoms with van der Waals surface area (Å²) in [6.07, 6.45) is 0. The molecule has 0 aliphatic heterocycles. The van der Waals surface area contributed by atoms with Gasteiger partial charge in [-0.3, -0.25) is 20.2 Å². The summed E-state index contributed by atoms with van der Waals surface area (Å²) < 4.78 is 0. The van der Waals surface area contributed by atoms with Crippen LogP contribution in [-0.2, 0) is 4.79 Å². The van der Waals surface area contributed by atoms with Gasteiger partial charge in [-0.05, 0) is 34.6 Å². The molecule has 1 aromatic carbocycles. The molecule has 0 radical (unpaired) electrons. The molecule has 1 aromatic rings. The van der Waals surface area contributed by atoms with E-state index in [0.29, 0.717) is 5.56 Å². The van der Waals surface area contributed by atoms with Crippen molar-refractivity contribution >= 4 is 11.6 Å². The van der Waals surface area contributed by atoms with E-state index in [9.17, 15) is 14.9 Å². The van der Waals surface area contributed by atoms with E-state index in [4.69, 9.17) is 0 Å². The zero-order valence-corrected chi connectivity index (χ0v) is 13.1. The number of benzene rings is 1. The highest BCUT2D eigenvalue weighted by atomic mass is 16.6. The van der Waals surface area contributed by atoms with Gasteiger partial charge in [-0.15, -0.1) is 0 Å². The van der Waals surface area contributed by atoms with E-state index in [0.717, 1.165) is 0 Å². The lowest BCUT2D eigenvalue weighted by Crippen LogP contribution is -2.50. The lowest BCUT2D eigenvalue weighted by Gasteiger charge is -2.25. The molecule has 2 unspecified atom stereocenters. The molecule has 0 aromatic heterocycles. The average Bonchev–Trinajstić information content (AvgIpc) is 2.36. The van der Waals surface area contributed by atoms with Crippen LogP contribution in [0.25, 0.3) is 0 Å². The van der Waals surface area contributed by atoms with Gasteiger partial charge >= 0.3 is 0 Å². The van der Waals surface area contributed by atoms with Gasteiger partial charge in [0, 0.05) is 23.2 Å². The molecule has 1 rings (SSSR count). The van der Waals surface area contributed by atoms with Crippen LogP contribution in [0, 0.1) is 10.1 Å². The molecule has 0 saturated carbocycles. The quantitative estimate of drug-likeness (QED) is 0.645. The third-order valence-corrected chi connectivity index (χ3v) is 2.99. The highest BCUT2D eigenvalue weighted by Gasteiger charge is 2.23. The Hall–Kier alpha value is -1.95. The number of para-hydroxylation sites is 1. The van der Waals surface area contributed by atoms with E-state index in [1.54, 1.807) is 25.1 Å². The minimum Gasteiger partial charge on any atom is -0.350 e. The molecule has 21 heavy (non-hydrogen) atoms. The number of hydrogen-bond acceptors (Lipinski definition) is 4. The fraction of sp³-hybridized carbons (Fsp3) is 0.533. The monoisotopic (exact) mass is 293 g/mol. The zero-order valence-electron chi connectivity index (χ0n) is 13.1. The second-order valence-corrected chi connectivity index (χ2v) is 6.17. The number of nitro benzene ring substituents is 1. The molecule has 116 valence electrons. The van der Waals surface area contributed by atoms with Crippen LogP contribution < -0.4 is 10.6 Å². The van der Waals surface area contributed by atoms with Crippen molar-refractivity contribution in [3.05, 3.63) is 39.9 Å². The summed E-state index contributed by atoms with van der Waals surface area (Å²) in [6, 6.07) is 5.80. The molecule has 0 aliphatic rings. The van der Waals surface area contributed by atoms with Crippen LogP contribution in [0.1, 0.15) is 46.2 Å². The van der Waals surface area contributed by atoms with Crippen LogP contribution >= 0.6 is 0 Å². The predicted octanol–water partition coefficient (Wildman–Crippen LogP) is 2.55. The molecular formula is C15H23N3O3. The van der Waals surface area contributed by atoms with Gasteiger partial charge < -0.3 is 5.32 Å². The van der Waals surface area contributed by atoms with Gasteiger partial charge in [0.05, 0.1) is 11.0 Å². The van der Waals surface area contributed by atoms with Crippen molar-refractivity contribution in [1.82, 2.24) is 10.6 Å². The number of nitro groups is 1. The molecule has 2 atom stereocenters. The first-order valence-corrected chi connectivity index (χ1v) is 6.93. The van der Waals surface area contributed by atoms with E-state index >= 15 is 0 Å². The Morgan fingerprint density at radius 2 is 1.81 bits per heavy atom. The maximum absolute atomic E-state index is 12.0. The average molecular weight is 293 g/mol. The van der Waals surface area contributed by atoms with Gasteiger partial charge in [-0.2, -0.15) is 0 Å². The van der Waals surface area contributed by atoms with E-state index < -0.39 is 11.0 Å². The molecule has 0 spiro atoms. The molecule has 1 amide bonds. The molecule has 6 heteroatoms. The Kier molecular flexibility index (Phi) is 5.43. The Balaban J connectivity index is 2.80. The minimum absolute atomic E-state index is 0.0564. The van der Waals surface area contributed by atoms with Crippen molar-refractivity contribution < 1.29 is 9.72 Å². The highest BCUT2D eigenvalue weighted by Crippen LogP contribution is 2.24. The van der Waals surface area contributed by atoms with Crippen LogP contribution in [0.15, 0.2) is 24.3 Å². The van der Waals surface area contributed by atoms with Gasteiger partial charge in [0.25, 0.3) is 5.69 Å². The highest BCUT2D eigenvalue weighted by molar-refractivity contribution is 5.82. The lowest BCUT2D eigenvalue weighted by molar-refractivity contribution is -0.385. The van der Waals surface area contributed by atoms with Gasteiger partial charge in [-0.1, -0.05) is 18.2 Å². The van der Waals surface area contributed by atoms with Crippen molar-refractivity contribution in [2.24, 2.45) is 0 Å². The molecule has 6 nitrogen and oxygen atoms in total. The number of carbonyl (C=O) groups excluding carboxylic acids is 1. The van der Waals surface area contributed by atoms with Gasteiger partial charge in [0.1, 0.15) is 0 Å². The largest absolute Gasteiger partial charge is 0.350 e. The summed E-state index contributed by atoms with van der Waals surface area (Å²) in [6.45, 7) is 9.27. The Labute approximate surface area is 125 Å². The van der Waals surface area contributed by atoms with Crippen LogP contribution in [0.3, 0.4) is 0 Å². The number of nitrogens with one attached hydrogen (secondary N) is 2. The second-order valence-electron chi connectivity index (χ2n) is 6.17. The van der Waals surface area contributed by atoms with E-state index in [-0.39, 0.29) is 23.2 Å². The maximum atomic E-state index is 12.0. The maximum Gasteiger partial charge on any atom is 0.274 e. The molecule has 0 bridgehead atoms.